The molecule has 4 rings (SSSR count). The molecule has 0 amide bonds. The molecule has 0 saturated carbocycles. The molecule has 2 aromatic carbocycles. The van der Waals surface area contributed by atoms with Gasteiger partial charge in [-0.25, -0.2) is 4.39 Å². The smallest absolute Gasteiger partial charge is 0.192 e. The Balaban J connectivity index is 1.51. The Morgan fingerprint density at radius 2 is 1.94 bits per heavy atom. The van der Waals surface area contributed by atoms with Crippen LogP contribution in [0.5, 0.6) is 0 Å². The van der Waals surface area contributed by atoms with E-state index in [2.05, 4.69) is 17.1 Å². The summed E-state index contributed by atoms with van der Waals surface area (Å²) in [5.74, 6) is 0.705. The Labute approximate surface area is 186 Å². The summed E-state index contributed by atoms with van der Waals surface area (Å²) in [6, 6.07) is 14.1. The molecule has 1 aliphatic heterocycles. The van der Waals surface area contributed by atoms with Crippen LogP contribution in [0, 0.1) is 5.82 Å². The van der Waals surface area contributed by atoms with E-state index in [-0.39, 0.29) is 23.5 Å². The lowest BCUT2D eigenvalue weighted by atomic mass is 10.1. The number of carbonyl (C=O) groups excluding carboxylic acids is 1. The summed E-state index contributed by atoms with van der Waals surface area (Å²) >= 11 is 1.38. The van der Waals surface area contributed by atoms with E-state index in [0.29, 0.717) is 23.1 Å². The van der Waals surface area contributed by atoms with Crippen molar-refractivity contribution in [1.82, 2.24) is 14.8 Å². The molecule has 1 fully saturated rings. The average Bonchev–Trinajstić information content (AvgIpc) is 3.44. The lowest BCUT2D eigenvalue weighted by molar-refractivity contribution is 0.0953. The van der Waals surface area contributed by atoms with Crippen LogP contribution in [0.3, 0.4) is 0 Å². The van der Waals surface area contributed by atoms with Gasteiger partial charge in [-0.15, -0.1) is 10.2 Å². The predicted molar refractivity (Wildman–Crippen MR) is 120 cm³/mol. The van der Waals surface area contributed by atoms with E-state index in [1.807, 2.05) is 28.8 Å². The van der Waals surface area contributed by atoms with Crippen LogP contribution in [0.25, 0.3) is 11.4 Å². The molecular weight excluding hydrogens is 413 g/mol. The highest BCUT2D eigenvalue weighted by molar-refractivity contribution is 7.99. The highest BCUT2D eigenvalue weighted by Crippen LogP contribution is 2.27. The molecule has 1 saturated heterocycles. The molecule has 1 aromatic heterocycles. The van der Waals surface area contributed by atoms with Gasteiger partial charge in [0, 0.05) is 17.7 Å². The van der Waals surface area contributed by atoms with Crippen LogP contribution in [0.4, 0.5) is 4.39 Å². The number of hydrogen-bond acceptors (Lipinski definition) is 5. The SMILES string of the molecule is CCCc1ccc(C(=O)CSc2nnc(-c3ccc(F)cc3)n2CC2CCCO2)cc1. The molecule has 1 atom stereocenters. The summed E-state index contributed by atoms with van der Waals surface area (Å²) in [5, 5.41) is 9.35. The van der Waals surface area contributed by atoms with Crippen LogP contribution < -0.4 is 0 Å². The maximum Gasteiger partial charge on any atom is 0.192 e. The quantitative estimate of drug-likeness (QED) is 0.339. The zero-order valence-electron chi connectivity index (χ0n) is 17.6. The number of carbonyl (C=O) groups is 1. The number of ketones is 1. The largest absolute Gasteiger partial charge is 0.376 e. The number of halogens is 1. The van der Waals surface area contributed by atoms with Crippen LogP contribution in [0.1, 0.15) is 42.1 Å². The first kappa shape index (κ1) is 21.7. The number of nitrogens with zero attached hydrogens (tertiary/aromatic N) is 3. The summed E-state index contributed by atoms with van der Waals surface area (Å²) in [7, 11) is 0. The molecule has 0 bridgehead atoms. The Morgan fingerprint density at radius 1 is 1.16 bits per heavy atom. The van der Waals surface area contributed by atoms with Crippen molar-refractivity contribution < 1.29 is 13.9 Å². The van der Waals surface area contributed by atoms with Gasteiger partial charge >= 0.3 is 0 Å². The molecule has 0 N–H and O–H groups in total. The Bertz CT molecular complexity index is 1010. The van der Waals surface area contributed by atoms with Gasteiger partial charge < -0.3 is 4.74 Å². The first-order chi connectivity index (χ1) is 15.1. The van der Waals surface area contributed by atoms with Gasteiger partial charge in [0.1, 0.15) is 5.82 Å². The molecule has 5 nitrogen and oxygen atoms in total. The van der Waals surface area contributed by atoms with E-state index in [1.54, 1.807) is 12.1 Å². The zero-order valence-corrected chi connectivity index (χ0v) is 18.4. The molecule has 2 heterocycles. The number of ether oxygens (including phenoxy) is 1. The maximum absolute atomic E-state index is 13.4. The van der Waals surface area contributed by atoms with E-state index >= 15 is 0 Å². The summed E-state index contributed by atoms with van der Waals surface area (Å²) in [6.07, 6.45) is 4.21. The second-order valence-electron chi connectivity index (χ2n) is 7.72. The molecule has 7 heteroatoms. The number of benzene rings is 2. The van der Waals surface area contributed by atoms with E-state index < -0.39 is 0 Å². The predicted octanol–water partition coefficient (Wildman–Crippen LogP) is 5.19. The Hall–Kier alpha value is -2.51. The molecule has 1 aliphatic rings. The minimum absolute atomic E-state index is 0.0584. The van der Waals surface area contributed by atoms with Crippen molar-refractivity contribution in [3.63, 3.8) is 0 Å². The third kappa shape index (κ3) is 5.40. The molecular formula is C24H26FN3O2S. The second kappa shape index (κ2) is 10.2. The average molecular weight is 440 g/mol. The van der Waals surface area contributed by atoms with Crippen molar-refractivity contribution in [2.24, 2.45) is 0 Å². The van der Waals surface area contributed by atoms with E-state index in [0.717, 1.165) is 37.9 Å². The van der Waals surface area contributed by atoms with Crippen LogP contribution in [-0.2, 0) is 17.7 Å². The van der Waals surface area contributed by atoms with Gasteiger partial charge in [-0.05, 0) is 49.1 Å². The molecule has 0 radical (unpaired) electrons. The van der Waals surface area contributed by atoms with Crippen molar-refractivity contribution >= 4 is 17.5 Å². The zero-order chi connectivity index (χ0) is 21.6. The van der Waals surface area contributed by atoms with Gasteiger partial charge in [0.05, 0.1) is 18.4 Å². The van der Waals surface area contributed by atoms with Gasteiger partial charge in [0.25, 0.3) is 0 Å². The second-order valence-corrected chi connectivity index (χ2v) is 8.66. The van der Waals surface area contributed by atoms with Gasteiger partial charge in [-0.2, -0.15) is 0 Å². The highest BCUT2D eigenvalue weighted by atomic mass is 32.2. The fraction of sp³-hybridized carbons (Fsp3) is 0.375. The summed E-state index contributed by atoms with van der Waals surface area (Å²) in [5.41, 5.74) is 2.74. The first-order valence-corrected chi connectivity index (χ1v) is 11.7. The number of rotatable bonds is 9. The topological polar surface area (TPSA) is 57.0 Å². The molecule has 162 valence electrons. The molecule has 3 aromatic rings. The fourth-order valence-corrected chi connectivity index (χ4v) is 4.57. The van der Waals surface area contributed by atoms with Crippen molar-refractivity contribution in [2.75, 3.05) is 12.4 Å². The minimum Gasteiger partial charge on any atom is -0.376 e. The number of Topliss-reactive ketones (excluding diaryl/α,β-unsaturated/α-hetero) is 1. The van der Waals surface area contributed by atoms with Crippen LogP contribution in [0.2, 0.25) is 0 Å². The van der Waals surface area contributed by atoms with Crippen molar-refractivity contribution in [3.8, 4) is 11.4 Å². The van der Waals surface area contributed by atoms with E-state index in [4.69, 9.17) is 4.74 Å². The van der Waals surface area contributed by atoms with E-state index in [1.165, 1.54) is 29.5 Å². The minimum atomic E-state index is -0.293. The lowest BCUT2D eigenvalue weighted by Crippen LogP contribution is -2.17. The molecule has 0 aliphatic carbocycles. The van der Waals surface area contributed by atoms with Gasteiger partial charge in [-0.1, -0.05) is 49.4 Å². The van der Waals surface area contributed by atoms with Crippen molar-refractivity contribution in [3.05, 3.63) is 65.5 Å². The third-order valence-electron chi connectivity index (χ3n) is 5.38. The van der Waals surface area contributed by atoms with Crippen molar-refractivity contribution in [1.29, 1.82) is 0 Å². The number of aryl methyl sites for hydroxylation is 1. The van der Waals surface area contributed by atoms with Crippen molar-refractivity contribution in [2.45, 2.75) is 50.4 Å². The maximum atomic E-state index is 13.4. The Kier molecular flexibility index (Phi) is 7.14. The van der Waals surface area contributed by atoms with Crippen LogP contribution in [-0.4, -0.2) is 39.0 Å². The van der Waals surface area contributed by atoms with Crippen LogP contribution >= 0.6 is 11.8 Å². The van der Waals surface area contributed by atoms with E-state index in [9.17, 15) is 9.18 Å². The lowest BCUT2D eigenvalue weighted by Gasteiger charge is -2.14. The number of aromatic nitrogens is 3. The first-order valence-electron chi connectivity index (χ1n) is 10.7. The standard InChI is InChI=1S/C24H26FN3O2S/c1-2-4-17-6-8-18(9-7-17)22(29)16-31-24-27-26-23(19-10-12-20(25)13-11-19)28(24)15-21-5-3-14-30-21/h6-13,21H,2-5,14-16H2,1H3. The molecule has 31 heavy (non-hydrogen) atoms. The monoisotopic (exact) mass is 439 g/mol. The fourth-order valence-electron chi connectivity index (χ4n) is 3.72. The number of hydrogen-bond donors (Lipinski definition) is 0. The summed E-state index contributed by atoms with van der Waals surface area (Å²) in [4.78, 5) is 12.7. The highest BCUT2D eigenvalue weighted by Gasteiger charge is 2.22. The summed E-state index contributed by atoms with van der Waals surface area (Å²) in [6.45, 7) is 3.51. The molecule has 0 spiro atoms. The molecule has 1 unspecified atom stereocenters. The van der Waals surface area contributed by atoms with Gasteiger partial charge in [-0.3, -0.25) is 9.36 Å². The summed E-state index contributed by atoms with van der Waals surface area (Å²) < 4.78 is 21.2. The Morgan fingerprint density at radius 3 is 2.61 bits per heavy atom. The van der Waals surface area contributed by atoms with Gasteiger partial charge in [0.2, 0.25) is 0 Å². The van der Waals surface area contributed by atoms with Gasteiger partial charge in [0.15, 0.2) is 16.8 Å². The normalized spacial score (nSPS) is 16.0. The number of thioether (sulfide) groups is 1. The third-order valence-corrected chi connectivity index (χ3v) is 6.34. The van der Waals surface area contributed by atoms with Crippen LogP contribution in [0.15, 0.2) is 53.7 Å².